The lowest BCUT2D eigenvalue weighted by Gasteiger charge is -2.18. The summed E-state index contributed by atoms with van der Waals surface area (Å²) >= 11 is 0. The fraction of sp³-hybridized carbons (Fsp3) is 0.500. The van der Waals surface area contributed by atoms with Crippen molar-refractivity contribution in [1.82, 2.24) is 0 Å². The van der Waals surface area contributed by atoms with Crippen LogP contribution in [0.5, 0.6) is 5.75 Å². The van der Waals surface area contributed by atoms with Crippen LogP contribution in [0.4, 0.5) is 5.69 Å². The Labute approximate surface area is 137 Å². The highest BCUT2D eigenvalue weighted by atomic mass is 35.5. The Morgan fingerprint density at radius 1 is 1.23 bits per heavy atom. The van der Waals surface area contributed by atoms with Gasteiger partial charge in [0.2, 0.25) is 0 Å². The number of hydrogen-bond donors (Lipinski definition) is 1. The first kappa shape index (κ1) is 20.2. The zero-order valence-electron chi connectivity index (χ0n) is 13.5. The number of anilines is 1. The van der Waals surface area contributed by atoms with Gasteiger partial charge in [-0.15, -0.1) is 12.4 Å². The first-order chi connectivity index (χ1) is 9.96. The van der Waals surface area contributed by atoms with E-state index < -0.39 is 11.9 Å². The molecule has 5 nitrogen and oxygen atoms in total. The van der Waals surface area contributed by atoms with Crippen molar-refractivity contribution in [2.24, 2.45) is 0 Å². The second kappa shape index (κ2) is 9.30. The molecule has 0 fully saturated rings. The smallest absolute Gasteiger partial charge is 0.341 e. The number of nitrogen functional groups attached to an aromatic ring is 1. The van der Waals surface area contributed by atoms with E-state index in [-0.39, 0.29) is 30.3 Å². The summed E-state index contributed by atoms with van der Waals surface area (Å²) in [5, 5.41) is 0. The van der Waals surface area contributed by atoms with Crippen molar-refractivity contribution in [1.29, 1.82) is 0 Å². The maximum Gasteiger partial charge on any atom is 0.341 e. The predicted octanol–water partition coefficient (Wildman–Crippen LogP) is 3.31. The molecule has 0 unspecified atom stereocenters. The third kappa shape index (κ3) is 4.63. The highest BCUT2D eigenvalue weighted by Crippen LogP contribution is 2.34. The fourth-order valence-corrected chi connectivity index (χ4v) is 2.21. The molecule has 0 aromatic heterocycles. The lowest BCUT2D eigenvalue weighted by atomic mass is 9.96. The summed E-state index contributed by atoms with van der Waals surface area (Å²) in [5.41, 5.74) is 8.57. The second-order valence-electron chi connectivity index (χ2n) is 4.72. The molecule has 1 aromatic carbocycles. The molecule has 0 heterocycles. The molecule has 22 heavy (non-hydrogen) atoms. The summed E-state index contributed by atoms with van der Waals surface area (Å²) in [6.45, 7) is 7.25. The van der Waals surface area contributed by atoms with Crippen molar-refractivity contribution < 1.29 is 19.1 Å². The zero-order valence-corrected chi connectivity index (χ0v) is 14.3. The van der Waals surface area contributed by atoms with Gasteiger partial charge in [0.25, 0.3) is 0 Å². The maximum atomic E-state index is 12.1. The van der Waals surface area contributed by atoms with Gasteiger partial charge in [-0.25, -0.2) is 4.79 Å². The van der Waals surface area contributed by atoms with E-state index in [0.29, 0.717) is 24.1 Å². The van der Waals surface area contributed by atoms with Crippen molar-refractivity contribution in [3.05, 3.63) is 22.8 Å². The second-order valence-corrected chi connectivity index (χ2v) is 4.72. The summed E-state index contributed by atoms with van der Waals surface area (Å²) in [6, 6.07) is 1.66. The molecule has 6 heteroatoms. The number of esters is 2. The van der Waals surface area contributed by atoms with Gasteiger partial charge in [0.05, 0.1) is 6.61 Å². The summed E-state index contributed by atoms with van der Waals surface area (Å²) in [4.78, 5) is 23.5. The van der Waals surface area contributed by atoms with Gasteiger partial charge in [-0.2, -0.15) is 0 Å². The van der Waals surface area contributed by atoms with E-state index in [9.17, 15) is 9.59 Å². The van der Waals surface area contributed by atoms with E-state index in [1.54, 1.807) is 13.0 Å². The van der Waals surface area contributed by atoms with Crippen LogP contribution in [0.15, 0.2) is 6.07 Å². The van der Waals surface area contributed by atoms with Gasteiger partial charge in [-0.05, 0) is 31.4 Å². The van der Waals surface area contributed by atoms with Crippen LogP contribution < -0.4 is 10.5 Å². The van der Waals surface area contributed by atoms with Crippen LogP contribution in [-0.4, -0.2) is 18.5 Å². The molecule has 0 saturated carbocycles. The number of rotatable bonds is 6. The SMILES string of the molecule is CCCc1c(N)c(CC)cc(C(=O)OCC)c1OC(C)=O.Cl. The quantitative estimate of drug-likeness (QED) is 0.492. The van der Waals surface area contributed by atoms with Gasteiger partial charge in [0.1, 0.15) is 5.56 Å². The molecule has 1 aromatic rings. The van der Waals surface area contributed by atoms with E-state index in [4.69, 9.17) is 15.2 Å². The van der Waals surface area contributed by atoms with Crippen LogP contribution in [0.25, 0.3) is 0 Å². The van der Waals surface area contributed by atoms with Gasteiger partial charge in [-0.1, -0.05) is 20.3 Å². The third-order valence-corrected chi connectivity index (χ3v) is 3.13. The molecule has 0 bridgehead atoms. The van der Waals surface area contributed by atoms with Crippen molar-refractivity contribution in [2.75, 3.05) is 12.3 Å². The maximum absolute atomic E-state index is 12.1. The standard InChI is InChI=1S/C16H23NO4.ClH/c1-5-8-12-14(17)11(6-2)9-13(16(19)20-7-3)15(12)21-10(4)18;/h9H,5-8,17H2,1-4H3;1H. The van der Waals surface area contributed by atoms with Crippen LogP contribution in [-0.2, 0) is 22.4 Å². The Balaban J connectivity index is 0.00000441. The minimum absolute atomic E-state index is 0. The van der Waals surface area contributed by atoms with Gasteiger partial charge in [0, 0.05) is 18.2 Å². The molecule has 0 aliphatic carbocycles. The molecule has 0 aliphatic heterocycles. The van der Waals surface area contributed by atoms with Crippen LogP contribution in [0.2, 0.25) is 0 Å². The largest absolute Gasteiger partial charge is 0.462 e. The number of ether oxygens (including phenoxy) is 2. The zero-order chi connectivity index (χ0) is 16.0. The number of carbonyl (C=O) groups excluding carboxylic acids is 2. The molecule has 0 aliphatic rings. The average Bonchev–Trinajstić information content (AvgIpc) is 2.42. The molecule has 0 saturated heterocycles. The molecular formula is C16H24ClNO4. The Hall–Kier alpha value is -1.75. The van der Waals surface area contributed by atoms with Crippen LogP contribution in [0.3, 0.4) is 0 Å². The van der Waals surface area contributed by atoms with Crippen molar-refractivity contribution in [3.63, 3.8) is 0 Å². The summed E-state index contributed by atoms with van der Waals surface area (Å²) in [5.74, 6) is -0.750. The van der Waals surface area contributed by atoms with Gasteiger partial charge in [0.15, 0.2) is 5.75 Å². The molecule has 1 rings (SSSR count). The van der Waals surface area contributed by atoms with Gasteiger partial charge >= 0.3 is 11.9 Å². The van der Waals surface area contributed by atoms with Gasteiger partial charge < -0.3 is 15.2 Å². The molecule has 0 radical (unpaired) electrons. The van der Waals surface area contributed by atoms with E-state index in [1.165, 1.54) is 6.92 Å². The average molecular weight is 330 g/mol. The number of nitrogens with two attached hydrogens (primary N) is 1. The van der Waals surface area contributed by atoms with E-state index >= 15 is 0 Å². The van der Waals surface area contributed by atoms with Crippen molar-refractivity contribution in [3.8, 4) is 5.75 Å². The van der Waals surface area contributed by atoms with Gasteiger partial charge in [-0.3, -0.25) is 4.79 Å². The van der Waals surface area contributed by atoms with Crippen LogP contribution in [0, 0.1) is 0 Å². The summed E-state index contributed by atoms with van der Waals surface area (Å²) in [7, 11) is 0. The van der Waals surface area contributed by atoms with Crippen LogP contribution >= 0.6 is 12.4 Å². The minimum Gasteiger partial charge on any atom is -0.462 e. The summed E-state index contributed by atoms with van der Waals surface area (Å²) in [6.07, 6.45) is 2.15. The number of halogens is 1. The minimum atomic E-state index is -0.499. The third-order valence-electron chi connectivity index (χ3n) is 3.13. The molecule has 0 amide bonds. The molecule has 2 N–H and O–H groups in total. The first-order valence-corrected chi connectivity index (χ1v) is 7.25. The van der Waals surface area contributed by atoms with Crippen LogP contribution in [0.1, 0.15) is 55.6 Å². The topological polar surface area (TPSA) is 78.6 Å². The number of benzene rings is 1. The van der Waals surface area contributed by atoms with Crippen molar-refractivity contribution >= 4 is 30.0 Å². The monoisotopic (exact) mass is 329 g/mol. The number of hydrogen-bond acceptors (Lipinski definition) is 5. The molecular weight excluding hydrogens is 306 g/mol. The fourth-order valence-electron chi connectivity index (χ4n) is 2.21. The molecule has 0 spiro atoms. The predicted molar refractivity (Wildman–Crippen MR) is 88.7 cm³/mol. The van der Waals surface area contributed by atoms with E-state index in [0.717, 1.165) is 12.0 Å². The van der Waals surface area contributed by atoms with E-state index in [1.807, 2.05) is 13.8 Å². The molecule has 124 valence electrons. The Morgan fingerprint density at radius 3 is 2.32 bits per heavy atom. The Bertz CT molecular complexity index is 543. The lowest BCUT2D eigenvalue weighted by molar-refractivity contribution is -0.131. The normalized spacial score (nSPS) is 9.82. The number of carbonyl (C=O) groups is 2. The highest BCUT2D eigenvalue weighted by molar-refractivity contribution is 5.95. The van der Waals surface area contributed by atoms with E-state index in [2.05, 4.69) is 0 Å². The Kier molecular flexibility index (Phi) is 8.56. The Morgan fingerprint density at radius 2 is 1.86 bits per heavy atom. The number of aryl methyl sites for hydroxylation is 1. The lowest BCUT2D eigenvalue weighted by Crippen LogP contribution is -2.15. The first-order valence-electron chi connectivity index (χ1n) is 7.25. The summed E-state index contributed by atoms with van der Waals surface area (Å²) < 4.78 is 10.3. The highest BCUT2D eigenvalue weighted by Gasteiger charge is 2.23. The van der Waals surface area contributed by atoms with Crippen molar-refractivity contribution in [2.45, 2.75) is 47.0 Å². The molecule has 0 atom stereocenters.